The molecule has 1 heterocycles. The second-order valence-electron chi connectivity index (χ2n) is 4.13. The van der Waals surface area contributed by atoms with Gasteiger partial charge < -0.3 is 14.5 Å². The molecule has 0 aliphatic heterocycles. The minimum absolute atomic E-state index is 0.313. The number of carbonyl (C=O) groups excluding carboxylic acids is 1. The summed E-state index contributed by atoms with van der Waals surface area (Å²) in [6, 6.07) is 0. The molecule has 0 saturated heterocycles. The summed E-state index contributed by atoms with van der Waals surface area (Å²) < 4.78 is 4.71. The van der Waals surface area contributed by atoms with E-state index in [4.69, 9.17) is 4.74 Å². The molecule has 1 aromatic rings. The van der Waals surface area contributed by atoms with Gasteiger partial charge in [-0.3, -0.25) is 0 Å². The topological polar surface area (TPSA) is 45.7 Å². The van der Waals surface area contributed by atoms with Crippen LogP contribution in [0.2, 0.25) is 0 Å². The van der Waals surface area contributed by atoms with E-state index in [1.165, 1.54) is 18.4 Å². The van der Waals surface area contributed by atoms with Crippen molar-refractivity contribution in [1.82, 2.24) is 9.88 Å². The molecule has 1 aromatic heterocycles. The third-order valence-electron chi connectivity index (χ3n) is 2.37. The predicted octanol–water partition coefficient (Wildman–Crippen LogP) is 1.24. The molecular formula is C11H19N3O2S. The van der Waals surface area contributed by atoms with Gasteiger partial charge in [0.2, 0.25) is 0 Å². The number of thiazole rings is 1. The first kappa shape index (κ1) is 13.9. The average molecular weight is 257 g/mol. The zero-order valence-electron chi connectivity index (χ0n) is 11.0. The number of aryl methyl sites for hydroxylation is 1. The fourth-order valence-electron chi connectivity index (χ4n) is 1.27. The van der Waals surface area contributed by atoms with Gasteiger partial charge in [-0.25, -0.2) is 9.78 Å². The Labute approximate surface area is 106 Å². The third-order valence-corrected chi connectivity index (χ3v) is 3.62. The first-order valence-corrected chi connectivity index (χ1v) is 6.19. The fraction of sp³-hybridized carbons (Fsp3) is 0.636. The number of hydrogen-bond acceptors (Lipinski definition) is 6. The second-order valence-corrected chi connectivity index (χ2v) is 5.10. The third kappa shape index (κ3) is 3.67. The Morgan fingerprint density at radius 2 is 2.00 bits per heavy atom. The number of ether oxygens (including phenoxy) is 1. The van der Waals surface area contributed by atoms with Gasteiger partial charge in [0, 0.05) is 20.1 Å². The first-order valence-electron chi connectivity index (χ1n) is 5.37. The van der Waals surface area contributed by atoms with Crippen LogP contribution in [-0.2, 0) is 4.74 Å². The van der Waals surface area contributed by atoms with Crippen LogP contribution in [0.15, 0.2) is 0 Å². The Balaban J connectivity index is 2.75. The molecule has 0 aromatic carbocycles. The van der Waals surface area contributed by atoms with Crippen molar-refractivity contribution in [3.05, 3.63) is 10.6 Å². The molecule has 0 fully saturated rings. The van der Waals surface area contributed by atoms with Crippen LogP contribution < -0.4 is 4.90 Å². The molecule has 0 spiro atoms. The minimum Gasteiger partial charge on any atom is -0.465 e. The lowest BCUT2D eigenvalue weighted by molar-refractivity contribution is 0.0605. The number of anilines is 1. The van der Waals surface area contributed by atoms with Crippen LogP contribution in [0.3, 0.4) is 0 Å². The Kier molecular flexibility index (Phi) is 4.89. The maximum atomic E-state index is 11.5. The van der Waals surface area contributed by atoms with E-state index in [2.05, 4.69) is 9.88 Å². The fourth-order valence-corrected chi connectivity index (χ4v) is 2.25. The minimum atomic E-state index is -0.313. The lowest BCUT2D eigenvalue weighted by atomic mass is 10.4. The largest absolute Gasteiger partial charge is 0.465 e. The summed E-state index contributed by atoms with van der Waals surface area (Å²) in [4.78, 5) is 20.6. The Morgan fingerprint density at radius 3 is 2.53 bits per heavy atom. The smallest absolute Gasteiger partial charge is 0.350 e. The van der Waals surface area contributed by atoms with E-state index in [9.17, 15) is 4.79 Å². The van der Waals surface area contributed by atoms with Crippen LogP contribution in [-0.4, -0.2) is 57.2 Å². The normalized spacial score (nSPS) is 10.7. The molecule has 0 atom stereocenters. The Morgan fingerprint density at radius 1 is 1.35 bits per heavy atom. The Bertz CT molecular complexity index is 390. The van der Waals surface area contributed by atoms with Crippen molar-refractivity contribution in [1.29, 1.82) is 0 Å². The average Bonchev–Trinajstić information content (AvgIpc) is 2.67. The summed E-state index contributed by atoms with van der Waals surface area (Å²) in [7, 11) is 7.42. The zero-order chi connectivity index (χ0) is 13.0. The maximum absolute atomic E-state index is 11.5. The molecule has 0 amide bonds. The number of hydrogen-bond donors (Lipinski definition) is 0. The maximum Gasteiger partial charge on any atom is 0.350 e. The number of rotatable bonds is 5. The van der Waals surface area contributed by atoms with Crippen molar-refractivity contribution in [2.24, 2.45) is 0 Å². The molecular weight excluding hydrogens is 238 g/mol. The zero-order valence-corrected chi connectivity index (χ0v) is 11.8. The van der Waals surface area contributed by atoms with Gasteiger partial charge >= 0.3 is 5.97 Å². The lowest BCUT2D eigenvalue weighted by Gasteiger charge is -2.18. The van der Waals surface area contributed by atoms with Crippen LogP contribution in [0.1, 0.15) is 15.4 Å². The summed E-state index contributed by atoms with van der Waals surface area (Å²) in [5, 5.41) is 0.852. The van der Waals surface area contributed by atoms with E-state index >= 15 is 0 Å². The van der Waals surface area contributed by atoms with Crippen LogP contribution in [0.25, 0.3) is 0 Å². The van der Waals surface area contributed by atoms with Crippen molar-refractivity contribution in [3.8, 4) is 0 Å². The molecule has 6 heteroatoms. The molecule has 1 rings (SSSR count). The molecule has 0 radical (unpaired) electrons. The standard InChI is InChI=1S/C11H19N3O2S/c1-8-9(10(15)16-5)17-11(12-8)14(4)7-6-13(2)3/h6-7H2,1-5H3. The molecule has 0 bridgehead atoms. The molecule has 96 valence electrons. The van der Waals surface area contributed by atoms with E-state index in [-0.39, 0.29) is 5.97 Å². The summed E-state index contributed by atoms with van der Waals surface area (Å²) in [5.41, 5.74) is 0.730. The number of methoxy groups -OCH3 is 1. The highest BCUT2D eigenvalue weighted by molar-refractivity contribution is 7.17. The highest BCUT2D eigenvalue weighted by atomic mass is 32.1. The van der Waals surface area contributed by atoms with Gasteiger partial charge in [-0.05, 0) is 21.0 Å². The SMILES string of the molecule is COC(=O)c1sc(N(C)CCN(C)C)nc1C. The van der Waals surface area contributed by atoms with Crippen LogP contribution >= 0.6 is 11.3 Å². The summed E-state index contributed by atoms with van der Waals surface area (Å²) in [6.07, 6.45) is 0. The van der Waals surface area contributed by atoms with Crippen molar-refractivity contribution in [2.45, 2.75) is 6.92 Å². The van der Waals surface area contributed by atoms with Gasteiger partial charge in [-0.2, -0.15) is 0 Å². The van der Waals surface area contributed by atoms with Gasteiger partial charge in [-0.15, -0.1) is 0 Å². The molecule has 17 heavy (non-hydrogen) atoms. The van der Waals surface area contributed by atoms with Crippen molar-refractivity contribution in [2.75, 3.05) is 46.2 Å². The summed E-state index contributed by atoms with van der Waals surface area (Å²) in [6.45, 7) is 3.65. The van der Waals surface area contributed by atoms with E-state index in [0.29, 0.717) is 4.88 Å². The van der Waals surface area contributed by atoms with E-state index < -0.39 is 0 Å². The number of aromatic nitrogens is 1. The Hall–Kier alpha value is -1.14. The monoisotopic (exact) mass is 257 g/mol. The second kappa shape index (κ2) is 5.97. The molecule has 0 N–H and O–H groups in total. The highest BCUT2D eigenvalue weighted by Crippen LogP contribution is 2.25. The van der Waals surface area contributed by atoms with Crippen LogP contribution in [0.5, 0.6) is 0 Å². The predicted molar refractivity (Wildman–Crippen MR) is 70.0 cm³/mol. The first-order chi connectivity index (χ1) is 7.95. The van der Waals surface area contributed by atoms with Crippen LogP contribution in [0.4, 0.5) is 5.13 Å². The number of esters is 1. The lowest BCUT2D eigenvalue weighted by Crippen LogP contribution is -2.28. The molecule has 0 aliphatic carbocycles. The van der Waals surface area contributed by atoms with Gasteiger partial charge in [0.25, 0.3) is 0 Å². The van der Waals surface area contributed by atoms with Crippen molar-refractivity contribution in [3.63, 3.8) is 0 Å². The van der Waals surface area contributed by atoms with Gasteiger partial charge in [0.15, 0.2) is 5.13 Å². The number of likely N-dealkylation sites (N-methyl/N-ethyl adjacent to an activating group) is 2. The van der Waals surface area contributed by atoms with Gasteiger partial charge in [-0.1, -0.05) is 11.3 Å². The summed E-state index contributed by atoms with van der Waals surface area (Å²) >= 11 is 1.37. The number of carbonyl (C=O) groups is 1. The van der Waals surface area contributed by atoms with E-state index in [0.717, 1.165) is 23.9 Å². The molecule has 0 aliphatic rings. The van der Waals surface area contributed by atoms with Gasteiger partial charge in [0.1, 0.15) is 4.88 Å². The highest BCUT2D eigenvalue weighted by Gasteiger charge is 2.17. The van der Waals surface area contributed by atoms with Crippen LogP contribution in [0, 0.1) is 6.92 Å². The molecule has 0 unspecified atom stereocenters. The van der Waals surface area contributed by atoms with E-state index in [1.54, 1.807) is 0 Å². The summed E-state index contributed by atoms with van der Waals surface area (Å²) in [5.74, 6) is -0.313. The van der Waals surface area contributed by atoms with Crippen molar-refractivity contribution < 1.29 is 9.53 Å². The number of nitrogens with zero attached hydrogens (tertiary/aromatic N) is 3. The quantitative estimate of drug-likeness (QED) is 0.743. The molecule has 0 saturated carbocycles. The van der Waals surface area contributed by atoms with E-state index in [1.807, 2.05) is 33.0 Å². The van der Waals surface area contributed by atoms with Gasteiger partial charge in [0.05, 0.1) is 12.8 Å². The molecule has 5 nitrogen and oxygen atoms in total. The van der Waals surface area contributed by atoms with Crippen molar-refractivity contribution >= 4 is 22.4 Å².